The lowest BCUT2D eigenvalue weighted by Gasteiger charge is -2.29. The van der Waals surface area contributed by atoms with Crippen LogP contribution in [-0.2, 0) is 46.7 Å². The van der Waals surface area contributed by atoms with Crippen LogP contribution in [0.5, 0.6) is 0 Å². The van der Waals surface area contributed by atoms with Crippen LogP contribution in [0.1, 0.15) is 84.3 Å². The number of aryl methyl sites for hydroxylation is 2. The SMILES string of the molecule is Cn1ccnc1C(C)(C)C#Cc1ccc(-c2ccc(Cl)c3c(NS(C)(=O)=O)nn(C)c23)c([C@@H](Cc2cc(F)cc(F)c2)C(C(N)=O)n2nc(C(F)F)c3c2C(F)(F)[C@@H]2C[C@H]32)n1. The van der Waals surface area contributed by atoms with Crippen molar-refractivity contribution in [1.82, 2.24) is 34.1 Å². The Morgan fingerprint density at radius 2 is 1.75 bits per heavy atom. The molecule has 61 heavy (non-hydrogen) atoms. The highest BCUT2D eigenvalue weighted by Gasteiger charge is 2.67. The monoisotopic (exact) mass is 883 g/mol. The summed E-state index contributed by atoms with van der Waals surface area (Å²) in [5.74, 6) is -4.11. The van der Waals surface area contributed by atoms with Gasteiger partial charge in [0.1, 0.15) is 40.6 Å². The summed E-state index contributed by atoms with van der Waals surface area (Å²) in [5, 5.41) is 8.56. The number of hydrogen-bond donors (Lipinski definition) is 2. The van der Waals surface area contributed by atoms with E-state index >= 15 is 8.78 Å². The normalized spacial score (nSPS) is 17.8. The van der Waals surface area contributed by atoms with Gasteiger partial charge < -0.3 is 10.3 Å². The maximum atomic E-state index is 16.2. The van der Waals surface area contributed by atoms with E-state index in [-0.39, 0.29) is 61.8 Å². The Kier molecular flexibility index (Phi) is 10.0. The van der Waals surface area contributed by atoms with Crippen molar-refractivity contribution in [3.63, 3.8) is 0 Å². The van der Waals surface area contributed by atoms with E-state index in [9.17, 15) is 30.8 Å². The fourth-order valence-electron chi connectivity index (χ4n) is 8.59. The van der Waals surface area contributed by atoms with Gasteiger partial charge in [-0.2, -0.15) is 19.0 Å². The van der Waals surface area contributed by atoms with Gasteiger partial charge in [-0.3, -0.25) is 14.2 Å². The molecule has 4 atom stereocenters. The average Bonchev–Trinajstić information content (AvgIpc) is 3.37. The van der Waals surface area contributed by atoms with Gasteiger partial charge in [0.05, 0.1) is 33.3 Å². The summed E-state index contributed by atoms with van der Waals surface area (Å²) >= 11 is 6.66. The molecule has 318 valence electrons. The van der Waals surface area contributed by atoms with E-state index in [4.69, 9.17) is 22.3 Å². The van der Waals surface area contributed by atoms with Gasteiger partial charge >= 0.3 is 0 Å². The second-order valence-electron chi connectivity index (χ2n) is 15.9. The van der Waals surface area contributed by atoms with Gasteiger partial charge in [0, 0.05) is 61.1 Å². The van der Waals surface area contributed by atoms with Crippen LogP contribution in [0, 0.1) is 29.4 Å². The Bertz CT molecular complexity index is 2950. The Labute approximate surface area is 350 Å². The van der Waals surface area contributed by atoms with E-state index in [0.717, 1.165) is 18.4 Å². The molecule has 0 saturated heterocycles. The Balaban J connectivity index is 1.43. The smallest absolute Gasteiger partial charge is 0.293 e. The number of rotatable bonds is 11. The minimum absolute atomic E-state index is 0.0624. The third-order valence-corrected chi connectivity index (χ3v) is 12.0. The number of alkyl halides is 4. The zero-order valence-electron chi connectivity index (χ0n) is 33.0. The molecule has 2 aliphatic carbocycles. The van der Waals surface area contributed by atoms with Crippen LogP contribution < -0.4 is 10.5 Å². The Morgan fingerprint density at radius 1 is 1.07 bits per heavy atom. The number of imidazole rings is 1. The number of anilines is 1. The van der Waals surface area contributed by atoms with Crippen LogP contribution in [-0.4, -0.2) is 54.7 Å². The van der Waals surface area contributed by atoms with Gasteiger partial charge in [0.2, 0.25) is 15.9 Å². The first-order valence-electron chi connectivity index (χ1n) is 18.8. The van der Waals surface area contributed by atoms with Gasteiger partial charge in [-0.25, -0.2) is 40.6 Å². The van der Waals surface area contributed by atoms with Crippen molar-refractivity contribution in [2.75, 3.05) is 11.0 Å². The number of pyridine rings is 1. The molecule has 4 aromatic heterocycles. The molecule has 6 aromatic rings. The number of nitrogens with two attached hydrogens (primary N) is 1. The number of carbonyl (C=O) groups excluding carboxylic acids is 1. The third-order valence-electron chi connectivity index (χ3n) is 11.1. The Hall–Kier alpha value is -5.87. The molecule has 3 N–H and O–H groups in total. The average molecular weight is 884 g/mol. The van der Waals surface area contributed by atoms with Crippen LogP contribution in [0.15, 0.2) is 54.9 Å². The van der Waals surface area contributed by atoms with Crippen LogP contribution in [0.3, 0.4) is 0 Å². The maximum Gasteiger partial charge on any atom is 0.293 e. The van der Waals surface area contributed by atoms with Crippen LogP contribution in [0.25, 0.3) is 22.0 Å². The number of sulfonamides is 1. The molecule has 1 fully saturated rings. The molecule has 1 unspecified atom stereocenters. The predicted molar refractivity (Wildman–Crippen MR) is 213 cm³/mol. The maximum absolute atomic E-state index is 16.2. The zero-order valence-corrected chi connectivity index (χ0v) is 34.6. The third kappa shape index (κ3) is 7.39. The minimum Gasteiger partial charge on any atom is -0.368 e. The van der Waals surface area contributed by atoms with E-state index in [2.05, 4.69) is 31.7 Å². The summed E-state index contributed by atoms with van der Waals surface area (Å²) in [7, 11) is -0.581. The number of primary amides is 1. The van der Waals surface area contributed by atoms with Crippen molar-refractivity contribution in [1.29, 1.82) is 0 Å². The van der Waals surface area contributed by atoms with Gasteiger partial charge in [0.15, 0.2) is 5.82 Å². The standard InChI is InChI=1S/C41H36ClF6N9O3S/c1-40(2,39-50-12-13-55(39)3)11-10-22-6-7-23(24-8-9-28(42)30-33(24)56(4)53-38(30)54-61(5,59)60)31(51-22)26(16-19-14-20(43)17-21(44)15-19)34(37(49)58)57-35-29(32(52-57)36(45)46)25-18-27(25)41(35,47)48/h6-9,12-15,17,25-27,34,36H,16,18H2,1-5H3,(H2,49,58)(H,53,54)/t25-,26+,27+,34?/m0/s1. The van der Waals surface area contributed by atoms with E-state index in [1.54, 1.807) is 36.1 Å². The first-order valence-corrected chi connectivity index (χ1v) is 21.0. The molecule has 12 nitrogen and oxygen atoms in total. The van der Waals surface area contributed by atoms with E-state index in [1.807, 2.05) is 13.8 Å². The largest absolute Gasteiger partial charge is 0.368 e. The second-order valence-corrected chi connectivity index (χ2v) is 18.1. The van der Waals surface area contributed by atoms with Crippen LogP contribution >= 0.6 is 11.6 Å². The van der Waals surface area contributed by atoms with Gasteiger partial charge in [-0.15, -0.1) is 0 Å². The molecule has 0 bridgehead atoms. The lowest BCUT2D eigenvalue weighted by Crippen LogP contribution is -2.37. The summed E-state index contributed by atoms with van der Waals surface area (Å²) in [5.41, 5.74) is 3.67. The van der Waals surface area contributed by atoms with Crippen LogP contribution in [0.4, 0.5) is 32.2 Å². The summed E-state index contributed by atoms with van der Waals surface area (Å²) in [4.78, 5) is 23.2. The molecule has 0 radical (unpaired) electrons. The molecule has 2 aliphatic rings. The number of nitrogens with one attached hydrogen (secondary N) is 1. The first kappa shape index (κ1) is 41.8. The molecular formula is C41H36ClF6N9O3S. The number of aromatic nitrogens is 7. The topological polar surface area (TPSA) is 156 Å². The molecule has 0 spiro atoms. The zero-order chi connectivity index (χ0) is 44.1. The predicted octanol–water partition coefficient (Wildman–Crippen LogP) is 7.40. The van der Waals surface area contributed by atoms with Gasteiger partial charge in [-0.1, -0.05) is 23.6 Å². The second kappa shape index (κ2) is 14.6. The molecule has 8 rings (SSSR count). The first-order chi connectivity index (χ1) is 28.6. The quantitative estimate of drug-likeness (QED) is 0.102. The van der Waals surface area contributed by atoms with Crippen molar-refractivity contribution in [2.45, 2.75) is 62.3 Å². The van der Waals surface area contributed by atoms with Crippen LogP contribution in [0.2, 0.25) is 5.02 Å². The molecule has 20 heteroatoms. The summed E-state index contributed by atoms with van der Waals surface area (Å²) in [6.45, 7) is 3.64. The Morgan fingerprint density at radius 3 is 2.38 bits per heavy atom. The highest BCUT2D eigenvalue weighted by molar-refractivity contribution is 7.92. The number of carbonyl (C=O) groups is 1. The molecular weight excluding hydrogens is 848 g/mol. The highest BCUT2D eigenvalue weighted by Crippen LogP contribution is 2.68. The molecule has 1 saturated carbocycles. The lowest BCUT2D eigenvalue weighted by molar-refractivity contribution is -0.122. The highest BCUT2D eigenvalue weighted by atomic mass is 35.5. The van der Waals surface area contributed by atoms with E-state index in [0.29, 0.717) is 16.6 Å². The van der Waals surface area contributed by atoms with Gasteiger partial charge in [0.25, 0.3) is 12.3 Å². The summed E-state index contributed by atoms with van der Waals surface area (Å²) in [6, 6.07) is 6.64. The number of halogens is 7. The number of hydrogen-bond acceptors (Lipinski definition) is 7. The fraction of sp³-hybridized carbons (Fsp3) is 0.341. The number of benzene rings is 2. The van der Waals surface area contributed by atoms with E-state index in [1.165, 1.54) is 23.9 Å². The molecule has 0 aliphatic heterocycles. The van der Waals surface area contributed by atoms with Crippen molar-refractivity contribution in [2.24, 2.45) is 25.7 Å². The van der Waals surface area contributed by atoms with E-state index < -0.39 is 86.9 Å². The van der Waals surface area contributed by atoms with Crippen molar-refractivity contribution >= 4 is 44.3 Å². The minimum atomic E-state index is -3.88. The van der Waals surface area contributed by atoms with Crippen molar-refractivity contribution in [3.8, 4) is 23.0 Å². The lowest BCUT2D eigenvalue weighted by atomic mass is 9.84. The number of nitrogens with zero attached hydrogens (tertiary/aromatic N) is 7. The van der Waals surface area contributed by atoms with Gasteiger partial charge in [-0.05, 0) is 74.4 Å². The fourth-order valence-corrected chi connectivity index (χ4v) is 9.32. The molecule has 4 heterocycles. The molecule has 2 aromatic carbocycles. The molecule has 1 amide bonds. The number of amides is 1. The summed E-state index contributed by atoms with van der Waals surface area (Å²) in [6.07, 6.45) is 0.393. The van der Waals surface area contributed by atoms with Crippen molar-refractivity contribution in [3.05, 3.63) is 111 Å². The van der Waals surface area contributed by atoms with Crippen molar-refractivity contribution < 1.29 is 39.6 Å². The summed E-state index contributed by atoms with van der Waals surface area (Å²) < 4.78 is 122. The number of fused-ring (bicyclic) bond motifs is 4.